The molecule has 1 N–H and O–H groups in total. The topological polar surface area (TPSA) is 23.9 Å². The van der Waals surface area contributed by atoms with Crippen LogP contribution in [0.1, 0.15) is 33.6 Å². The van der Waals surface area contributed by atoms with Crippen LogP contribution >= 0.6 is 0 Å². The van der Waals surface area contributed by atoms with Crippen molar-refractivity contribution in [2.45, 2.75) is 33.6 Å². The molecule has 11 heavy (non-hydrogen) atoms. The minimum absolute atomic E-state index is 1.03. The number of rotatable bonds is 4. The lowest BCUT2D eigenvalue weighted by molar-refractivity contribution is 0.928. The lowest BCUT2D eigenvalue weighted by Crippen LogP contribution is -1.76. The molecule has 0 unspecified atom stereocenters. The molecule has 0 saturated carbocycles. The first-order valence-corrected chi connectivity index (χ1v) is 4.17. The van der Waals surface area contributed by atoms with Crippen molar-refractivity contribution in [2.75, 3.05) is 0 Å². The number of hydrogen-bond donors (Lipinski definition) is 1. The van der Waals surface area contributed by atoms with Crippen LogP contribution in [0.2, 0.25) is 0 Å². The van der Waals surface area contributed by atoms with Crippen molar-refractivity contribution in [3.63, 3.8) is 0 Å². The summed E-state index contributed by atoms with van der Waals surface area (Å²) in [5.41, 5.74) is 1.15. The first-order chi connectivity index (χ1) is 5.35. The van der Waals surface area contributed by atoms with Gasteiger partial charge in [-0.2, -0.15) is 0 Å². The largest absolute Gasteiger partial charge is 0.309 e. The molecule has 0 aliphatic rings. The third-order valence-electron chi connectivity index (χ3n) is 1.10. The van der Waals surface area contributed by atoms with Crippen molar-refractivity contribution in [3.05, 3.63) is 24.3 Å². The smallest absolute Gasteiger partial charge is 0.0180 e. The van der Waals surface area contributed by atoms with Gasteiger partial charge in [0.15, 0.2) is 0 Å². The molecule has 0 heterocycles. The van der Waals surface area contributed by atoms with Crippen molar-refractivity contribution in [1.29, 1.82) is 5.41 Å². The molecule has 0 aromatic rings. The Kier molecular flexibility index (Phi) is 13.8. The van der Waals surface area contributed by atoms with Crippen molar-refractivity contribution in [2.24, 2.45) is 0 Å². The molecule has 0 atom stereocenters. The van der Waals surface area contributed by atoms with Gasteiger partial charge in [-0.25, -0.2) is 0 Å². The van der Waals surface area contributed by atoms with E-state index in [-0.39, 0.29) is 0 Å². The van der Waals surface area contributed by atoms with E-state index in [2.05, 4.69) is 13.5 Å². The van der Waals surface area contributed by atoms with Gasteiger partial charge in [-0.1, -0.05) is 39.8 Å². The molecule has 0 aromatic heterocycles. The SMILES string of the molecule is C=C/C(=C\C=N)CCC.CC. The monoisotopic (exact) mass is 153 g/mol. The molecule has 0 amide bonds. The second kappa shape index (κ2) is 11.9. The van der Waals surface area contributed by atoms with Crippen LogP contribution in [0.15, 0.2) is 24.3 Å². The standard InChI is InChI=1S/C8H13N.C2H6/c1-3-5-8(4-2)6-7-9;1-2/h4,6-7,9H,2-3,5H2,1H3;1-2H3/b8-6+,9-7?;. The minimum Gasteiger partial charge on any atom is -0.309 e. The maximum atomic E-state index is 6.77. The molecule has 0 fully saturated rings. The van der Waals surface area contributed by atoms with E-state index in [0.717, 1.165) is 18.4 Å². The Morgan fingerprint density at radius 3 is 2.27 bits per heavy atom. The number of allylic oxidation sites excluding steroid dienone is 3. The van der Waals surface area contributed by atoms with Crippen LogP contribution in [-0.4, -0.2) is 6.21 Å². The third-order valence-corrected chi connectivity index (χ3v) is 1.10. The Balaban J connectivity index is 0. The van der Waals surface area contributed by atoms with Crippen LogP contribution in [0, 0.1) is 5.41 Å². The number of nitrogens with one attached hydrogen (secondary N) is 1. The highest BCUT2D eigenvalue weighted by atomic mass is 14.3. The van der Waals surface area contributed by atoms with Crippen LogP contribution < -0.4 is 0 Å². The van der Waals surface area contributed by atoms with Gasteiger partial charge in [-0.15, -0.1) is 0 Å². The fourth-order valence-corrected chi connectivity index (χ4v) is 0.649. The second-order valence-electron chi connectivity index (χ2n) is 1.86. The average Bonchev–Trinajstić information content (AvgIpc) is 2.08. The molecule has 0 spiro atoms. The van der Waals surface area contributed by atoms with Gasteiger partial charge >= 0.3 is 0 Å². The van der Waals surface area contributed by atoms with Crippen LogP contribution in [0.25, 0.3) is 0 Å². The highest BCUT2D eigenvalue weighted by Crippen LogP contribution is 2.03. The second-order valence-corrected chi connectivity index (χ2v) is 1.86. The van der Waals surface area contributed by atoms with Gasteiger partial charge in [0.25, 0.3) is 0 Å². The zero-order valence-electron chi connectivity index (χ0n) is 7.85. The molecule has 0 rings (SSSR count). The maximum Gasteiger partial charge on any atom is 0.0180 e. The van der Waals surface area contributed by atoms with E-state index in [0.29, 0.717) is 0 Å². The van der Waals surface area contributed by atoms with E-state index in [9.17, 15) is 0 Å². The van der Waals surface area contributed by atoms with Crippen LogP contribution in [0.4, 0.5) is 0 Å². The van der Waals surface area contributed by atoms with Gasteiger partial charge in [0.05, 0.1) is 0 Å². The Bertz CT molecular complexity index is 123. The lowest BCUT2D eigenvalue weighted by atomic mass is 10.1. The summed E-state index contributed by atoms with van der Waals surface area (Å²) in [6.45, 7) is 9.74. The van der Waals surface area contributed by atoms with Gasteiger partial charge in [0.1, 0.15) is 0 Å². The normalized spacial score (nSPS) is 9.55. The summed E-state index contributed by atoms with van der Waals surface area (Å²) < 4.78 is 0. The first kappa shape index (κ1) is 12.8. The van der Waals surface area contributed by atoms with Gasteiger partial charge in [0, 0.05) is 6.21 Å². The summed E-state index contributed by atoms with van der Waals surface area (Å²) in [7, 11) is 0. The van der Waals surface area contributed by atoms with Crippen LogP contribution in [0.5, 0.6) is 0 Å². The van der Waals surface area contributed by atoms with Crippen molar-refractivity contribution in [3.8, 4) is 0 Å². The van der Waals surface area contributed by atoms with E-state index in [1.807, 2.05) is 13.8 Å². The Morgan fingerprint density at radius 2 is 2.00 bits per heavy atom. The molecule has 64 valence electrons. The fraction of sp³-hybridized carbons (Fsp3) is 0.500. The number of hydrogen-bond acceptors (Lipinski definition) is 1. The molecule has 0 saturated heterocycles. The minimum atomic E-state index is 1.03. The van der Waals surface area contributed by atoms with E-state index >= 15 is 0 Å². The van der Waals surface area contributed by atoms with Crippen LogP contribution in [0.3, 0.4) is 0 Å². The Hall–Kier alpha value is -0.850. The van der Waals surface area contributed by atoms with E-state index in [1.54, 1.807) is 12.2 Å². The first-order valence-electron chi connectivity index (χ1n) is 4.17. The zero-order chi connectivity index (χ0) is 9.11. The highest BCUT2D eigenvalue weighted by Gasteiger charge is 1.84. The molecule has 1 nitrogen and oxygen atoms in total. The summed E-state index contributed by atoms with van der Waals surface area (Å²) in [6.07, 6.45) is 7.02. The summed E-state index contributed by atoms with van der Waals surface area (Å²) >= 11 is 0. The molecule has 0 aromatic carbocycles. The van der Waals surface area contributed by atoms with Gasteiger partial charge in [-0.3, -0.25) is 0 Å². The molecular formula is C10H19N. The van der Waals surface area contributed by atoms with E-state index in [1.165, 1.54) is 6.21 Å². The molecule has 1 heteroatoms. The summed E-state index contributed by atoms with van der Waals surface area (Å²) in [6, 6.07) is 0. The summed E-state index contributed by atoms with van der Waals surface area (Å²) in [4.78, 5) is 0. The fourth-order valence-electron chi connectivity index (χ4n) is 0.649. The average molecular weight is 153 g/mol. The molecule has 0 bridgehead atoms. The molecular weight excluding hydrogens is 134 g/mol. The summed E-state index contributed by atoms with van der Waals surface area (Å²) in [5.74, 6) is 0. The maximum absolute atomic E-state index is 6.77. The predicted octanol–water partition coefficient (Wildman–Crippen LogP) is 3.57. The van der Waals surface area contributed by atoms with Crippen molar-refractivity contribution < 1.29 is 0 Å². The zero-order valence-corrected chi connectivity index (χ0v) is 7.85. The highest BCUT2D eigenvalue weighted by molar-refractivity contribution is 5.69. The molecule has 0 aliphatic carbocycles. The predicted molar refractivity (Wildman–Crippen MR) is 53.3 cm³/mol. The van der Waals surface area contributed by atoms with E-state index < -0.39 is 0 Å². The van der Waals surface area contributed by atoms with Crippen molar-refractivity contribution >= 4 is 6.21 Å². The lowest BCUT2D eigenvalue weighted by Gasteiger charge is -1.93. The van der Waals surface area contributed by atoms with E-state index in [4.69, 9.17) is 5.41 Å². The van der Waals surface area contributed by atoms with Gasteiger partial charge < -0.3 is 5.41 Å². The van der Waals surface area contributed by atoms with Crippen LogP contribution in [-0.2, 0) is 0 Å². The van der Waals surface area contributed by atoms with Gasteiger partial charge in [0.2, 0.25) is 0 Å². The molecule has 0 aliphatic heterocycles. The Labute approximate surface area is 70.3 Å². The Morgan fingerprint density at radius 1 is 1.45 bits per heavy atom. The van der Waals surface area contributed by atoms with Gasteiger partial charge in [-0.05, 0) is 18.1 Å². The van der Waals surface area contributed by atoms with Crippen molar-refractivity contribution in [1.82, 2.24) is 0 Å². The molecule has 0 radical (unpaired) electrons. The quantitative estimate of drug-likeness (QED) is 0.471. The summed E-state index contributed by atoms with van der Waals surface area (Å²) in [5, 5.41) is 6.77. The third kappa shape index (κ3) is 9.15.